The Morgan fingerprint density at radius 2 is 2.05 bits per heavy atom. The molecule has 0 spiro atoms. The van der Waals surface area contributed by atoms with Crippen LogP contribution in [-0.2, 0) is 6.18 Å². The maximum atomic E-state index is 12.7. The van der Waals surface area contributed by atoms with E-state index in [1.807, 2.05) is 13.0 Å². The van der Waals surface area contributed by atoms with Gasteiger partial charge >= 0.3 is 6.18 Å². The van der Waals surface area contributed by atoms with E-state index < -0.39 is 11.9 Å². The SMILES string of the molecule is CCSc1cnccc1-c1cc2ccc(C(F)(F)F)nc2[nH]1. The van der Waals surface area contributed by atoms with Crippen LogP contribution in [0.1, 0.15) is 12.6 Å². The van der Waals surface area contributed by atoms with Crippen molar-refractivity contribution >= 4 is 22.8 Å². The minimum Gasteiger partial charge on any atom is -0.339 e. The van der Waals surface area contributed by atoms with E-state index in [1.165, 1.54) is 6.07 Å². The fourth-order valence-corrected chi connectivity index (χ4v) is 2.96. The van der Waals surface area contributed by atoms with E-state index in [0.717, 1.165) is 28.0 Å². The molecule has 3 nitrogen and oxygen atoms in total. The van der Waals surface area contributed by atoms with Crippen LogP contribution in [-0.4, -0.2) is 20.7 Å². The van der Waals surface area contributed by atoms with Crippen LogP contribution in [0.5, 0.6) is 0 Å². The number of fused-ring (bicyclic) bond motifs is 1. The number of rotatable bonds is 3. The molecule has 3 heterocycles. The Morgan fingerprint density at radius 3 is 2.77 bits per heavy atom. The topological polar surface area (TPSA) is 41.6 Å². The minimum absolute atomic E-state index is 0.231. The zero-order valence-corrected chi connectivity index (χ0v) is 12.4. The van der Waals surface area contributed by atoms with Gasteiger partial charge in [-0.3, -0.25) is 4.98 Å². The Balaban J connectivity index is 2.09. The number of pyridine rings is 2. The molecule has 0 aliphatic heterocycles. The molecule has 22 heavy (non-hydrogen) atoms. The number of hydrogen-bond donors (Lipinski definition) is 1. The third-order valence-electron chi connectivity index (χ3n) is 3.14. The largest absolute Gasteiger partial charge is 0.433 e. The molecule has 0 fully saturated rings. The van der Waals surface area contributed by atoms with Crippen molar-refractivity contribution in [2.24, 2.45) is 0 Å². The zero-order chi connectivity index (χ0) is 15.7. The fraction of sp³-hybridized carbons (Fsp3) is 0.200. The highest BCUT2D eigenvalue weighted by Crippen LogP contribution is 2.33. The zero-order valence-electron chi connectivity index (χ0n) is 11.6. The van der Waals surface area contributed by atoms with Gasteiger partial charge in [-0.1, -0.05) is 6.92 Å². The maximum absolute atomic E-state index is 12.7. The molecule has 3 aromatic rings. The van der Waals surface area contributed by atoms with Crippen LogP contribution in [0.4, 0.5) is 13.2 Å². The molecule has 0 saturated carbocycles. The predicted molar refractivity (Wildman–Crippen MR) is 80.7 cm³/mol. The van der Waals surface area contributed by atoms with E-state index in [1.54, 1.807) is 30.2 Å². The second-order valence-corrected chi connectivity index (χ2v) is 5.93. The molecule has 3 rings (SSSR count). The number of H-pyrrole nitrogens is 1. The number of halogens is 3. The predicted octanol–water partition coefficient (Wildman–Crippen LogP) is 4.76. The van der Waals surface area contributed by atoms with Crippen LogP contribution in [0.2, 0.25) is 0 Å². The first-order valence-corrected chi connectivity index (χ1v) is 7.61. The lowest BCUT2D eigenvalue weighted by Gasteiger charge is -2.05. The van der Waals surface area contributed by atoms with Gasteiger partial charge in [0.15, 0.2) is 0 Å². The number of aromatic amines is 1. The smallest absolute Gasteiger partial charge is 0.339 e. The Kier molecular flexibility index (Phi) is 3.82. The van der Waals surface area contributed by atoms with Crippen molar-refractivity contribution in [3.8, 4) is 11.3 Å². The fourth-order valence-electron chi connectivity index (χ4n) is 2.18. The molecule has 0 radical (unpaired) electrons. The maximum Gasteiger partial charge on any atom is 0.433 e. The van der Waals surface area contributed by atoms with Crippen molar-refractivity contribution in [1.82, 2.24) is 15.0 Å². The van der Waals surface area contributed by atoms with Crippen molar-refractivity contribution in [1.29, 1.82) is 0 Å². The summed E-state index contributed by atoms with van der Waals surface area (Å²) in [6.45, 7) is 2.03. The molecule has 1 N–H and O–H groups in total. The molecule has 0 amide bonds. The first-order chi connectivity index (χ1) is 10.5. The molecule has 0 bridgehead atoms. The summed E-state index contributed by atoms with van der Waals surface area (Å²) in [5.74, 6) is 0.884. The second-order valence-electron chi connectivity index (χ2n) is 4.62. The summed E-state index contributed by atoms with van der Waals surface area (Å²) < 4.78 is 38.2. The van der Waals surface area contributed by atoms with Crippen LogP contribution in [0.25, 0.3) is 22.3 Å². The van der Waals surface area contributed by atoms with Crippen molar-refractivity contribution in [3.63, 3.8) is 0 Å². The van der Waals surface area contributed by atoms with Gasteiger partial charge in [0.25, 0.3) is 0 Å². The molecular formula is C15H12F3N3S. The number of nitrogens with zero attached hydrogens (tertiary/aromatic N) is 2. The molecule has 114 valence electrons. The van der Waals surface area contributed by atoms with Crippen molar-refractivity contribution in [2.45, 2.75) is 18.0 Å². The lowest BCUT2D eigenvalue weighted by Crippen LogP contribution is -2.07. The standard InChI is InChI=1S/C15H12F3N3S/c1-2-22-12-8-19-6-5-10(12)11-7-9-3-4-13(15(16,17)18)21-14(9)20-11/h3-8H,2H2,1H3,(H,20,21). The first kappa shape index (κ1) is 14.9. The summed E-state index contributed by atoms with van der Waals surface area (Å²) in [4.78, 5) is 11.7. The molecule has 0 aliphatic rings. The molecule has 0 aromatic carbocycles. The molecule has 3 aromatic heterocycles. The van der Waals surface area contributed by atoms with Crippen LogP contribution in [0, 0.1) is 0 Å². The van der Waals surface area contributed by atoms with Crippen molar-refractivity contribution in [3.05, 3.63) is 42.4 Å². The van der Waals surface area contributed by atoms with Gasteiger partial charge in [0.2, 0.25) is 0 Å². The molecular weight excluding hydrogens is 311 g/mol. The lowest BCUT2D eigenvalue weighted by atomic mass is 10.2. The summed E-state index contributed by atoms with van der Waals surface area (Å²) in [6, 6.07) is 6.07. The van der Waals surface area contributed by atoms with Gasteiger partial charge in [0, 0.05) is 33.9 Å². The van der Waals surface area contributed by atoms with E-state index in [-0.39, 0.29) is 5.65 Å². The number of thioether (sulfide) groups is 1. The summed E-state index contributed by atoms with van der Waals surface area (Å²) in [7, 11) is 0. The molecule has 0 aliphatic carbocycles. The van der Waals surface area contributed by atoms with Gasteiger partial charge in [0.1, 0.15) is 11.3 Å². The van der Waals surface area contributed by atoms with Gasteiger partial charge < -0.3 is 4.98 Å². The molecule has 0 atom stereocenters. The van der Waals surface area contributed by atoms with Crippen molar-refractivity contribution < 1.29 is 13.2 Å². The van der Waals surface area contributed by atoms with Crippen LogP contribution >= 0.6 is 11.8 Å². The Bertz CT molecular complexity index is 811. The van der Waals surface area contributed by atoms with E-state index >= 15 is 0 Å². The number of aromatic nitrogens is 3. The molecule has 7 heteroatoms. The van der Waals surface area contributed by atoms with Gasteiger partial charge in [-0.2, -0.15) is 13.2 Å². The van der Waals surface area contributed by atoms with E-state index in [2.05, 4.69) is 15.0 Å². The summed E-state index contributed by atoms with van der Waals surface area (Å²) in [5, 5.41) is 0.646. The number of alkyl halides is 3. The normalized spacial score (nSPS) is 12.0. The Labute approximate surface area is 129 Å². The lowest BCUT2D eigenvalue weighted by molar-refractivity contribution is -0.141. The highest BCUT2D eigenvalue weighted by molar-refractivity contribution is 7.99. The van der Waals surface area contributed by atoms with E-state index in [4.69, 9.17) is 0 Å². The number of nitrogens with one attached hydrogen (secondary N) is 1. The highest BCUT2D eigenvalue weighted by atomic mass is 32.2. The van der Waals surface area contributed by atoms with Crippen molar-refractivity contribution in [2.75, 3.05) is 5.75 Å². The summed E-state index contributed by atoms with van der Waals surface area (Å²) in [6.07, 6.45) is -1.03. The van der Waals surface area contributed by atoms with Crippen LogP contribution in [0.3, 0.4) is 0 Å². The van der Waals surface area contributed by atoms with Crippen LogP contribution in [0.15, 0.2) is 41.6 Å². The first-order valence-electron chi connectivity index (χ1n) is 6.63. The molecule has 0 unspecified atom stereocenters. The third-order valence-corrected chi connectivity index (χ3v) is 4.07. The quantitative estimate of drug-likeness (QED) is 0.707. The Hall–Kier alpha value is -2.02. The minimum atomic E-state index is -4.45. The van der Waals surface area contributed by atoms with Gasteiger partial charge in [-0.05, 0) is 30.0 Å². The van der Waals surface area contributed by atoms with Gasteiger partial charge in [0.05, 0.1) is 0 Å². The molecule has 0 saturated heterocycles. The van der Waals surface area contributed by atoms with Crippen LogP contribution < -0.4 is 0 Å². The van der Waals surface area contributed by atoms with E-state index in [9.17, 15) is 13.2 Å². The summed E-state index contributed by atoms with van der Waals surface area (Å²) >= 11 is 1.63. The highest BCUT2D eigenvalue weighted by Gasteiger charge is 2.32. The monoisotopic (exact) mass is 323 g/mol. The average molecular weight is 323 g/mol. The van der Waals surface area contributed by atoms with Gasteiger partial charge in [-0.15, -0.1) is 11.8 Å². The number of hydrogen-bond acceptors (Lipinski definition) is 3. The van der Waals surface area contributed by atoms with E-state index in [0.29, 0.717) is 5.39 Å². The Morgan fingerprint density at radius 1 is 1.23 bits per heavy atom. The third kappa shape index (κ3) is 2.81. The van der Waals surface area contributed by atoms with Gasteiger partial charge in [-0.25, -0.2) is 4.98 Å². The summed E-state index contributed by atoms with van der Waals surface area (Å²) in [5.41, 5.74) is 0.981. The second kappa shape index (κ2) is 5.64. The average Bonchev–Trinajstić information content (AvgIpc) is 2.90.